The maximum Gasteiger partial charge on any atom is 0.243 e. The molecule has 1 aliphatic carbocycles. The van der Waals surface area contributed by atoms with Crippen LogP contribution in [0.3, 0.4) is 0 Å². The number of anilines is 1. The van der Waals surface area contributed by atoms with Crippen LogP contribution in [-0.4, -0.2) is 15.0 Å². The molecule has 0 aliphatic heterocycles. The fourth-order valence-electron chi connectivity index (χ4n) is 2.41. The highest BCUT2D eigenvalue weighted by atomic mass is 79.9. The Morgan fingerprint density at radius 2 is 2.00 bits per heavy atom. The van der Waals surface area contributed by atoms with Crippen LogP contribution in [-0.2, 0) is 10.0 Å². The van der Waals surface area contributed by atoms with Gasteiger partial charge in [-0.05, 0) is 60.2 Å². The number of sulfonamides is 1. The van der Waals surface area contributed by atoms with Crippen LogP contribution in [0.1, 0.15) is 32.1 Å². The fourth-order valence-corrected chi connectivity index (χ4v) is 5.51. The molecule has 0 saturated heterocycles. The molecule has 0 heterocycles. The van der Waals surface area contributed by atoms with E-state index in [4.69, 9.17) is 5.73 Å². The zero-order valence-electron chi connectivity index (χ0n) is 11.5. The Morgan fingerprint density at radius 3 is 2.62 bits per heavy atom. The van der Waals surface area contributed by atoms with Crippen molar-refractivity contribution in [3.8, 4) is 0 Å². The van der Waals surface area contributed by atoms with Crippen molar-refractivity contribution in [3.63, 3.8) is 0 Å². The number of nitrogens with two attached hydrogens (primary N) is 1. The van der Waals surface area contributed by atoms with Crippen LogP contribution < -0.4 is 10.5 Å². The summed E-state index contributed by atoms with van der Waals surface area (Å²) in [5.74, 6) is 0. The van der Waals surface area contributed by atoms with Gasteiger partial charge in [0.15, 0.2) is 0 Å². The minimum absolute atomic E-state index is 0.100. The molecule has 0 unspecified atom stereocenters. The molecule has 0 bridgehead atoms. The smallest absolute Gasteiger partial charge is 0.243 e. The van der Waals surface area contributed by atoms with Crippen molar-refractivity contribution in [2.45, 2.75) is 37.0 Å². The Hall–Kier alpha value is -0.370. The van der Waals surface area contributed by atoms with Gasteiger partial charge in [-0.3, -0.25) is 0 Å². The van der Waals surface area contributed by atoms with Crippen molar-refractivity contribution in [1.29, 1.82) is 0 Å². The van der Waals surface area contributed by atoms with Gasteiger partial charge in [-0.25, -0.2) is 13.1 Å². The molecule has 7 heteroatoms. The number of hydrogen-bond acceptors (Lipinski definition) is 3. The summed E-state index contributed by atoms with van der Waals surface area (Å²) in [5, 5.41) is 0. The lowest BCUT2D eigenvalue weighted by molar-refractivity contribution is 0.579. The molecule has 0 amide bonds. The largest absolute Gasteiger partial charge is 0.398 e. The summed E-state index contributed by atoms with van der Waals surface area (Å²) in [6.07, 6.45) is 7.59. The van der Waals surface area contributed by atoms with Gasteiger partial charge < -0.3 is 5.73 Å². The van der Waals surface area contributed by atoms with E-state index in [0.717, 1.165) is 23.7 Å². The third-order valence-corrected chi connectivity index (χ3v) is 6.35. The minimum atomic E-state index is -3.61. The van der Waals surface area contributed by atoms with Gasteiger partial charge in [0, 0.05) is 15.5 Å². The molecule has 3 N–H and O–H groups in total. The Bertz CT molecular complexity index is 634. The van der Waals surface area contributed by atoms with Crippen LogP contribution in [0.15, 0.2) is 37.6 Å². The second kappa shape index (κ2) is 7.26. The van der Waals surface area contributed by atoms with Crippen molar-refractivity contribution >= 4 is 47.6 Å². The number of rotatable bonds is 5. The number of benzene rings is 1. The summed E-state index contributed by atoms with van der Waals surface area (Å²) in [7, 11) is -3.61. The highest BCUT2D eigenvalue weighted by Gasteiger charge is 2.21. The second-order valence-corrected chi connectivity index (χ2v) is 8.54. The summed E-state index contributed by atoms with van der Waals surface area (Å²) >= 11 is 6.55. The molecular weight excluding hydrogens is 420 g/mol. The monoisotopic (exact) mass is 436 g/mol. The molecule has 0 saturated carbocycles. The van der Waals surface area contributed by atoms with Crippen molar-refractivity contribution in [3.05, 3.63) is 32.7 Å². The molecule has 2 rings (SSSR count). The average Bonchev–Trinajstić information content (AvgIpc) is 2.38. The zero-order chi connectivity index (χ0) is 15.5. The van der Waals surface area contributed by atoms with Crippen molar-refractivity contribution in [2.24, 2.45) is 0 Å². The Balaban J connectivity index is 2.07. The molecule has 4 nitrogen and oxygen atoms in total. The van der Waals surface area contributed by atoms with Crippen LogP contribution in [0.4, 0.5) is 5.69 Å². The Morgan fingerprint density at radius 1 is 1.24 bits per heavy atom. The number of nitrogens with one attached hydrogen (secondary N) is 1. The lowest BCUT2D eigenvalue weighted by atomic mass is 9.97. The lowest BCUT2D eigenvalue weighted by Gasteiger charge is -2.14. The molecular formula is C14H18Br2N2O2S. The first-order valence-electron chi connectivity index (χ1n) is 6.82. The lowest BCUT2D eigenvalue weighted by Crippen LogP contribution is -2.26. The van der Waals surface area contributed by atoms with E-state index in [1.165, 1.54) is 18.4 Å². The topological polar surface area (TPSA) is 72.2 Å². The van der Waals surface area contributed by atoms with Crippen LogP contribution >= 0.6 is 31.9 Å². The van der Waals surface area contributed by atoms with Gasteiger partial charge in [-0.1, -0.05) is 27.6 Å². The van der Waals surface area contributed by atoms with E-state index >= 15 is 0 Å². The summed E-state index contributed by atoms with van der Waals surface area (Å²) in [6.45, 7) is 0.399. The predicted molar refractivity (Wildman–Crippen MR) is 92.6 cm³/mol. The normalized spacial score (nSPS) is 15.8. The molecule has 0 fully saturated rings. The molecule has 116 valence electrons. The van der Waals surface area contributed by atoms with Crippen molar-refractivity contribution in [2.75, 3.05) is 12.3 Å². The first-order chi connectivity index (χ1) is 9.90. The number of hydrogen-bond donors (Lipinski definition) is 2. The molecule has 0 spiro atoms. The van der Waals surface area contributed by atoms with Crippen molar-refractivity contribution in [1.82, 2.24) is 4.72 Å². The summed E-state index contributed by atoms with van der Waals surface area (Å²) in [5.41, 5.74) is 7.39. The third kappa shape index (κ3) is 4.55. The maximum atomic E-state index is 12.4. The third-order valence-electron chi connectivity index (χ3n) is 3.43. The molecule has 0 atom stereocenters. The van der Waals surface area contributed by atoms with E-state index < -0.39 is 10.0 Å². The predicted octanol–water partition coefficient (Wildman–Crippen LogP) is 3.96. The highest BCUT2D eigenvalue weighted by Crippen LogP contribution is 2.31. The molecule has 0 aromatic heterocycles. The average molecular weight is 438 g/mol. The van der Waals surface area contributed by atoms with E-state index in [-0.39, 0.29) is 10.6 Å². The van der Waals surface area contributed by atoms with E-state index in [1.807, 2.05) is 0 Å². The molecule has 0 radical (unpaired) electrons. The van der Waals surface area contributed by atoms with E-state index in [2.05, 4.69) is 42.7 Å². The van der Waals surface area contributed by atoms with E-state index in [0.29, 0.717) is 11.0 Å². The first kappa shape index (κ1) is 17.0. The van der Waals surface area contributed by atoms with Crippen LogP contribution in [0.5, 0.6) is 0 Å². The number of halogens is 2. The molecule has 1 aliphatic rings. The fraction of sp³-hybridized carbons (Fsp3) is 0.429. The van der Waals surface area contributed by atoms with E-state index in [1.54, 1.807) is 12.1 Å². The number of allylic oxidation sites excluding steroid dienone is 1. The van der Waals surface area contributed by atoms with Gasteiger partial charge in [0.2, 0.25) is 10.0 Å². The van der Waals surface area contributed by atoms with Crippen LogP contribution in [0.25, 0.3) is 0 Å². The summed E-state index contributed by atoms with van der Waals surface area (Å²) < 4.78 is 28.6. The van der Waals surface area contributed by atoms with Gasteiger partial charge in [0.1, 0.15) is 4.90 Å². The van der Waals surface area contributed by atoms with Crippen LogP contribution in [0, 0.1) is 0 Å². The Labute approximate surface area is 142 Å². The molecule has 21 heavy (non-hydrogen) atoms. The minimum Gasteiger partial charge on any atom is -0.398 e. The maximum absolute atomic E-state index is 12.4. The second-order valence-electron chi connectivity index (χ2n) is 5.06. The summed E-state index contributed by atoms with van der Waals surface area (Å²) in [4.78, 5) is 0.100. The van der Waals surface area contributed by atoms with Gasteiger partial charge in [-0.2, -0.15) is 0 Å². The first-order valence-corrected chi connectivity index (χ1v) is 9.89. The Kier molecular flexibility index (Phi) is 5.88. The van der Waals surface area contributed by atoms with Gasteiger partial charge in [0.05, 0.1) is 5.69 Å². The van der Waals surface area contributed by atoms with E-state index in [9.17, 15) is 8.42 Å². The summed E-state index contributed by atoms with van der Waals surface area (Å²) in [6, 6.07) is 3.26. The standard InChI is InChI=1S/C14H18Br2N2O2S/c15-11-8-12(16)14(13(17)9-11)21(19,20)18-7-6-10-4-2-1-3-5-10/h4,8-9,18H,1-3,5-7,17H2. The number of nitrogen functional groups attached to an aromatic ring is 1. The van der Waals surface area contributed by atoms with Crippen molar-refractivity contribution < 1.29 is 8.42 Å². The molecule has 1 aromatic carbocycles. The SMILES string of the molecule is Nc1cc(Br)cc(Br)c1S(=O)(=O)NCCC1=CCCCC1. The van der Waals surface area contributed by atoms with Gasteiger partial charge >= 0.3 is 0 Å². The zero-order valence-corrected chi connectivity index (χ0v) is 15.5. The highest BCUT2D eigenvalue weighted by molar-refractivity contribution is 9.11. The van der Waals surface area contributed by atoms with Gasteiger partial charge in [-0.15, -0.1) is 0 Å². The quantitative estimate of drug-likeness (QED) is 0.540. The van der Waals surface area contributed by atoms with Gasteiger partial charge in [0.25, 0.3) is 0 Å². The molecule has 1 aromatic rings. The van der Waals surface area contributed by atoms with Crippen LogP contribution in [0.2, 0.25) is 0 Å².